The van der Waals surface area contributed by atoms with Gasteiger partial charge in [0.2, 0.25) is 0 Å². The first-order valence-electron chi connectivity index (χ1n) is 5.29. The van der Waals surface area contributed by atoms with Crippen molar-refractivity contribution in [2.75, 3.05) is 0 Å². The number of hydrogen-bond donors (Lipinski definition) is 3. The van der Waals surface area contributed by atoms with E-state index in [4.69, 9.17) is 5.11 Å². The van der Waals surface area contributed by atoms with E-state index in [0.717, 1.165) is 5.56 Å². The van der Waals surface area contributed by atoms with Crippen molar-refractivity contribution in [2.24, 2.45) is 0 Å². The van der Waals surface area contributed by atoms with Gasteiger partial charge in [-0.15, -0.1) is 0 Å². The summed E-state index contributed by atoms with van der Waals surface area (Å²) in [7, 11) is 0. The molecule has 17 heavy (non-hydrogen) atoms. The summed E-state index contributed by atoms with van der Waals surface area (Å²) >= 11 is 0. The molecule has 0 aliphatic heterocycles. The molecule has 1 unspecified atom stereocenters. The van der Waals surface area contributed by atoms with Crippen LogP contribution in [0.1, 0.15) is 18.9 Å². The predicted octanol–water partition coefficient (Wildman–Crippen LogP) is 0.744. The Bertz CT molecular complexity index is 381. The summed E-state index contributed by atoms with van der Waals surface area (Å²) in [5.41, 5.74) is 0.853. The molecule has 0 aromatic carbocycles. The van der Waals surface area contributed by atoms with Crippen molar-refractivity contribution in [3.8, 4) is 0 Å². The summed E-state index contributed by atoms with van der Waals surface area (Å²) in [5, 5.41) is 13.7. The normalized spacial score (nSPS) is 11.6. The van der Waals surface area contributed by atoms with Gasteiger partial charge in [0.1, 0.15) is 6.04 Å². The van der Waals surface area contributed by atoms with Gasteiger partial charge in [0.15, 0.2) is 0 Å². The summed E-state index contributed by atoms with van der Waals surface area (Å²) in [6.45, 7) is 2.01. The smallest absolute Gasteiger partial charge is 0.326 e. The number of carbonyl (C=O) groups is 2. The summed E-state index contributed by atoms with van der Waals surface area (Å²) in [4.78, 5) is 26.0. The van der Waals surface area contributed by atoms with Gasteiger partial charge < -0.3 is 15.7 Å². The molecule has 0 bridgehead atoms. The molecule has 0 saturated heterocycles. The summed E-state index contributed by atoms with van der Waals surface area (Å²) in [5.74, 6) is -1.04. The number of hydrogen-bond acceptors (Lipinski definition) is 3. The number of nitrogens with zero attached hydrogens (tertiary/aromatic N) is 1. The molecule has 1 rings (SSSR count). The van der Waals surface area contributed by atoms with E-state index in [1.54, 1.807) is 25.4 Å². The second-order valence-electron chi connectivity index (χ2n) is 3.49. The van der Waals surface area contributed by atoms with Gasteiger partial charge in [-0.2, -0.15) is 0 Å². The van der Waals surface area contributed by atoms with Crippen molar-refractivity contribution in [1.29, 1.82) is 0 Å². The zero-order valence-electron chi connectivity index (χ0n) is 9.51. The molecule has 6 heteroatoms. The molecule has 1 aromatic heterocycles. The molecule has 1 heterocycles. The molecule has 0 aliphatic rings. The highest BCUT2D eigenvalue weighted by Gasteiger charge is 2.16. The fraction of sp³-hybridized carbons (Fsp3) is 0.364. The minimum Gasteiger partial charge on any atom is -0.480 e. The molecule has 0 fully saturated rings. The number of aromatic nitrogens is 1. The topological polar surface area (TPSA) is 91.3 Å². The number of carbonyl (C=O) groups excluding carboxylic acids is 1. The van der Waals surface area contributed by atoms with Crippen LogP contribution in [0.2, 0.25) is 0 Å². The lowest BCUT2D eigenvalue weighted by molar-refractivity contribution is -0.139. The molecule has 0 radical (unpaired) electrons. The van der Waals surface area contributed by atoms with Gasteiger partial charge in [-0.3, -0.25) is 4.98 Å². The Balaban J connectivity index is 2.37. The van der Waals surface area contributed by atoms with E-state index in [2.05, 4.69) is 15.6 Å². The number of pyridine rings is 1. The minimum atomic E-state index is -1.04. The van der Waals surface area contributed by atoms with Crippen LogP contribution < -0.4 is 10.6 Å². The first-order chi connectivity index (χ1) is 8.13. The molecule has 2 amide bonds. The first kappa shape index (κ1) is 13.0. The second kappa shape index (κ2) is 6.47. The number of rotatable bonds is 5. The molecule has 0 aliphatic carbocycles. The average molecular weight is 237 g/mol. The molecule has 0 spiro atoms. The fourth-order valence-electron chi connectivity index (χ4n) is 1.23. The van der Waals surface area contributed by atoms with E-state index in [9.17, 15) is 9.59 Å². The van der Waals surface area contributed by atoms with Crippen LogP contribution in [0.15, 0.2) is 24.5 Å². The van der Waals surface area contributed by atoms with E-state index >= 15 is 0 Å². The SMILES string of the molecule is CCC(NC(=O)NCc1cccnc1)C(=O)O. The predicted molar refractivity (Wildman–Crippen MR) is 61.3 cm³/mol. The third-order valence-corrected chi connectivity index (χ3v) is 2.19. The van der Waals surface area contributed by atoms with Crippen LogP contribution in [-0.4, -0.2) is 28.1 Å². The van der Waals surface area contributed by atoms with Crippen molar-refractivity contribution in [2.45, 2.75) is 25.9 Å². The second-order valence-corrected chi connectivity index (χ2v) is 3.49. The maximum atomic E-state index is 11.4. The van der Waals surface area contributed by atoms with Crippen LogP contribution >= 0.6 is 0 Å². The third-order valence-electron chi connectivity index (χ3n) is 2.19. The number of carboxylic acid groups (broad SMARTS) is 1. The van der Waals surface area contributed by atoms with Crippen LogP contribution in [-0.2, 0) is 11.3 Å². The molecule has 92 valence electrons. The highest BCUT2D eigenvalue weighted by molar-refractivity contribution is 5.82. The lowest BCUT2D eigenvalue weighted by atomic mass is 10.2. The highest BCUT2D eigenvalue weighted by Crippen LogP contribution is 1.95. The average Bonchev–Trinajstić information content (AvgIpc) is 2.34. The van der Waals surface area contributed by atoms with Gasteiger partial charge in [0.05, 0.1) is 0 Å². The maximum absolute atomic E-state index is 11.4. The Morgan fingerprint density at radius 3 is 2.82 bits per heavy atom. The van der Waals surface area contributed by atoms with E-state index in [-0.39, 0.29) is 0 Å². The molecule has 1 atom stereocenters. The summed E-state index contributed by atoms with van der Waals surface area (Å²) in [6, 6.07) is 2.23. The maximum Gasteiger partial charge on any atom is 0.326 e. The van der Waals surface area contributed by atoms with Gasteiger partial charge in [-0.1, -0.05) is 13.0 Å². The zero-order valence-corrected chi connectivity index (χ0v) is 9.51. The number of aliphatic carboxylic acids is 1. The molecular weight excluding hydrogens is 222 g/mol. The molecule has 6 nitrogen and oxygen atoms in total. The zero-order chi connectivity index (χ0) is 12.7. The summed E-state index contributed by atoms with van der Waals surface area (Å²) < 4.78 is 0. The number of amides is 2. The van der Waals surface area contributed by atoms with Crippen molar-refractivity contribution >= 4 is 12.0 Å². The Hall–Kier alpha value is -2.11. The molecule has 1 aromatic rings. The van der Waals surface area contributed by atoms with Crippen LogP contribution in [0.3, 0.4) is 0 Å². The van der Waals surface area contributed by atoms with E-state index < -0.39 is 18.0 Å². The number of carboxylic acids is 1. The van der Waals surface area contributed by atoms with Crippen LogP contribution in [0.25, 0.3) is 0 Å². The van der Waals surface area contributed by atoms with E-state index in [0.29, 0.717) is 13.0 Å². The van der Waals surface area contributed by atoms with Crippen molar-refractivity contribution < 1.29 is 14.7 Å². The standard InChI is InChI=1S/C11H15N3O3/c1-2-9(10(15)16)14-11(17)13-7-8-4-3-5-12-6-8/h3-6,9H,2,7H2,1H3,(H,15,16)(H2,13,14,17). The van der Waals surface area contributed by atoms with Crippen LogP contribution in [0.4, 0.5) is 4.79 Å². The Labute approximate surface area is 99.1 Å². The largest absolute Gasteiger partial charge is 0.480 e. The lowest BCUT2D eigenvalue weighted by Gasteiger charge is -2.12. The number of nitrogens with one attached hydrogen (secondary N) is 2. The highest BCUT2D eigenvalue weighted by atomic mass is 16.4. The minimum absolute atomic E-state index is 0.315. The van der Waals surface area contributed by atoms with Gasteiger partial charge in [0, 0.05) is 18.9 Å². The third kappa shape index (κ3) is 4.50. The molecule has 3 N–H and O–H groups in total. The Kier molecular flexibility index (Phi) is 4.93. The molecule has 0 saturated carbocycles. The Morgan fingerprint density at radius 2 is 2.29 bits per heavy atom. The van der Waals surface area contributed by atoms with Crippen LogP contribution in [0.5, 0.6) is 0 Å². The fourth-order valence-corrected chi connectivity index (χ4v) is 1.23. The van der Waals surface area contributed by atoms with Crippen molar-refractivity contribution in [1.82, 2.24) is 15.6 Å². The van der Waals surface area contributed by atoms with Gasteiger partial charge in [-0.25, -0.2) is 9.59 Å². The van der Waals surface area contributed by atoms with Crippen LogP contribution in [0, 0.1) is 0 Å². The van der Waals surface area contributed by atoms with Gasteiger partial charge in [-0.05, 0) is 18.1 Å². The summed E-state index contributed by atoms with van der Waals surface area (Å²) in [6.07, 6.45) is 3.62. The van der Waals surface area contributed by atoms with Crippen molar-refractivity contribution in [3.63, 3.8) is 0 Å². The van der Waals surface area contributed by atoms with Gasteiger partial charge in [0.25, 0.3) is 0 Å². The first-order valence-corrected chi connectivity index (χ1v) is 5.29. The molecular formula is C11H15N3O3. The lowest BCUT2D eigenvalue weighted by Crippen LogP contribution is -2.45. The van der Waals surface area contributed by atoms with E-state index in [1.165, 1.54) is 0 Å². The number of urea groups is 1. The quantitative estimate of drug-likeness (QED) is 0.704. The van der Waals surface area contributed by atoms with Crippen molar-refractivity contribution in [3.05, 3.63) is 30.1 Å². The van der Waals surface area contributed by atoms with Gasteiger partial charge >= 0.3 is 12.0 Å². The van der Waals surface area contributed by atoms with E-state index in [1.807, 2.05) is 6.07 Å². The Morgan fingerprint density at radius 1 is 1.53 bits per heavy atom. The monoisotopic (exact) mass is 237 g/mol.